The zero-order chi connectivity index (χ0) is 14.8. The molecular formula is C15H22N2O3. The number of anilines is 2. The lowest BCUT2D eigenvalue weighted by atomic mass is 10.00. The van der Waals surface area contributed by atoms with Gasteiger partial charge in [0.05, 0.1) is 42.3 Å². The molecule has 5 heteroatoms. The van der Waals surface area contributed by atoms with E-state index < -0.39 is 0 Å². The van der Waals surface area contributed by atoms with E-state index in [0.717, 1.165) is 12.2 Å². The summed E-state index contributed by atoms with van der Waals surface area (Å²) in [6, 6.07) is 5.47. The van der Waals surface area contributed by atoms with Crippen LogP contribution in [0.15, 0.2) is 18.2 Å². The predicted molar refractivity (Wildman–Crippen MR) is 79.1 cm³/mol. The van der Waals surface area contributed by atoms with Crippen LogP contribution in [0.25, 0.3) is 0 Å². The largest absolute Gasteiger partial charge is 0.462 e. The average Bonchev–Trinajstić information content (AvgIpc) is 2.39. The smallest absolute Gasteiger partial charge is 0.340 e. The number of benzene rings is 1. The van der Waals surface area contributed by atoms with E-state index in [4.69, 9.17) is 15.2 Å². The maximum atomic E-state index is 11.9. The summed E-state index contributed by atoms with van der Waals surface area (Å²) in [5, 5.41) is 0. The minimum atomic E-state index is -0.377. The van der Waals surface area contributed by atoms with Gasteiger partial charge in [-0.3, -0.25) is 0 Å². The Balaban J connectivity index is 2.37. The molecule has 1 aliphatic rings. The van der Waals surface area contributed by atoms with E-state index in [2.05, 4.69) is 18.7 Å². The van der Waals surface area contributed by atoms with Crippen LogP contribution >= 0.6 is 0 Å². The van der Waals surface area contributed by atoms with Gasteiger partial charge in [0.2, 0.25) is 0 Å². The minimum Gasteiger partial charge on any atom is -0.462 e. The van der Waals surface area contributed by atoms with Crippen molar-refractivity contribution < 1.29 is 14.3 Å². The van der Waals surface area contributed by atoms with Crippen LogP contribution < -0.4 is 10.6 Å². The van der Waals surface area contributed by atoms with Crippen LogP contribution in [0, 0.1) is 0 Å². The van der Waals surface area contributed by atoms with Crippen LogP contribution in [0.4, 0.5) is 11.4 Å². The second-order valence-corrected chi connectivity index (χ2v) is 5.48. The van der Waals surface area contributed by atoms with Gasteiger partial charge in [-0.1, -0.05) is 6.07 Å². The lowest BCUT2D eigenvalue weighted by molar-refractivity contribution is 0.0527. The van der Waals surface area contributed by atoms with E-state index in [1.165, 1.54) is 0 Å². The quantitative estimate of drug-likeness (QED) is 0.677. The van der Waals surface area contributed by atoms with Gasteiger partial charge in [0.25, 0.3) is 0 Å². The van der Waals surface area contributed by atoms with Crippen molar-refractivity contribution in [3.05, 3.63) is 23.8 Å². The van der Waals surface area contributed by atoms with Gasteiger partial charge in [0, 0.05) is 6.54 Å². The fraction of sp³-hybridized carbons (Fsp3) is 0.533. The van der Waals surface area contributed by atoms with E-state index in [9.17, 15) is 4.79 Å². The molecule has 5 nitrogen and oxygen atoms in total. The molecule has 1 heterocycles. The van der Waals surface area contributed by atoms with Crippen LogP contribution in [0.1, 0.15) is 31.1 Å². The summed E-state index contributed by atoms with van der Waals surface area (Å²) in [6.07, 6.45) is 0. The lowest BCUT2D eigenvalue weighted by Crippen LogP contribution is -2.53. The minimum absolute atomic E-state index is 0.153. The number of nitrogens with two attached hydrogens (primary N) is 1. The normalized spacial score (nSPS) is 17.9. The van der Waals surface area contributed by atoms with E-state index in [0.29, 0.717) is 31.1 Å². The highest BCUT2D eigenvalue weighted by atomic mass is 16.5. The highest BCUT2D eigenvalue weighted by molar-refractivity contribution is 5.98. The summed E-state index contributed by atoms with van der Waals surface area (Å²) in [5.41, 5.74) is 7.79. The maximum Gasteiger partial charge on any atom is 0.340 e. The number of hydrogen-bond acceptors (Lipinski definition) is 5. The Morgan fingerprint density at radius 2 is 2.25 bits per heavy atom. The average molecular weight is 278 g/mol. The molecule has 110 valence electrons. The molecule has 0 atom stereocenters. The molecule has 0 saturated carbocycles. The van der Waals surface area contributed by atoms with Gasteiger partial charge < -0.3 is 20.1 Å². The number of hydrogen-bond donors (Lipinski definition) is 1. The highest BCUT2D eigenvalue weighted by Gasteiger charge is 2.32. The standard InChI is InChI=1S/C15H22N2O3/c1-4-20-14(18)11-6-5-7-12(13(11)16)17-8-9-19-10-15(17,2)3/h5-7H,4,8-10,16H2,1-3H3. The van der Waals surface area contributed by atoms with Crippen molar-refractivity contribution in [3.63, 3.8) is 0 Å². The van der Waals surface area contributed by atoms with Crippen LogP contribution in [0.3, 0.4) is 0 Å². The molecule has 0 bridgehead atoms. The molecule has 2 N–H and O–H groups in total. The van der Waals surface area contributed by atoms with Crippen molar-refractivity contribution in [2.24, 2.45) is 0 Å². The van der Waals surface area contributed by atoms with Crippen LogP contribution in [0.2, 0.25) is 0 Å². The van der Waals surface area contributed by atoms with Gasteiger partial charge in [0.1, 0.15) is 0 Å². The molecule has 1 aliphatic heterocycles. The summed E-state index contributed by atoms with van der Waals surface area (Å²) < 4.78 is 10.6. The second kappa shape index (κ2) is 5.71. The molecule has 0 aliphatic carbocycles. The Morgan fingerprint density at radius 3 is 2.90 bits per heavy atom. The van der Waals surface area contributed by atoms with E-state index >= 15 is 0 Å². The number of ether oxygens (including phenoxy) is 2. The summed E-state index contributed by atoms with van der Waals surface area (Å²) in [4.78, 5) is 14.1. The zero-order valence-electron chi connectivity index (χ0n) is 12.3. The number of morpholine rings is 1. The lowest BCUT2D eigenvalue weighted by Gasteiger charge is -2.44. The van der Waals surface area contributed by atoms with E-state index in [1.54, 1.807) is 13.0 Å². The van der Waals surface area contributed by atoms with Crippen molar-refractivity contribution in [2.75, 3.05) is 37.0 Å². The molecular weight excluding hydrogens is 256 g/mol. The number of rotatable bonds is 3. The number of carbonyl (C=O) groups excluding carboxylic acids is 1. The molecule has 2 rings (SSSR count). The SMILES string of the molecule is CCOC(=O)c1cccc(N2CCOCC2(C)C)c1N. The van der Waals surface area contributed by atoms with Gasteiger partial charge in [-0.05, 0) is 32.9 Å². The molecule has 0 unspecified atom stereocenters. The number of para-hydroxylation sites is 1. The van der Waals surface area contributed by atoms with Gasteiger partial charge in [0.15, 0.2) is 0 Å². The molecule has 20 heavy (non-hydrogen) atoms. The predicted octanol–water partition coefficient (Wildman–Crippen LogP) is 2.06. The molecule has 0 aromatic heterocycles. The van der Waals surface area contributed by atoms with Crippen molar-refractivity contribution >= 4 is 17.3 Å². The summed E-state index contributed by atoms with van der Waals surface area (Å²) in [5.74, 6) is -0.377. The molecule has 1 aromatic rings. The Hall–Kier alpha value is -1.75. The summed E-state index contributed by atoms with van der Waals surface area (Å²) >= 11 is 0. The monoisotopic (exact) mass is 278 g/mol. The van der Waals surface area contributed by atoms with Gasteiger partial charge in [-0.15, -0.1) is 0 Å². The Labute approximate surface area is 119 Å². The Morgan fingerprint density at radius 1 is 1.50 bits per heavy atom. The molecule has 1 saturated heterocycles. The first-order chi connectivity index (χ1) is 9.47. The zero-order valence-corrected chi connectivity index (χ0v) is 12.3. The molecule has 1 aromatic carbocycles. The van der Waals surface area contributed by atoms with Gasteiger partial charge in [-0.25, -0.2) is 4.79 Å². The summed E-state index contributed by atoms with van der Waals surface area (Å²) in [7, 11) is 0. The first-order valence-corrected chi connectivity index (χ1v) is 6.88. The van der Waals surface area contributed by atoms with Crippen molar-refractivity contribution in [2.45, 2.75) is 26.3 Å². The second-order valence-electron chi connectivity index (χ2n) is 5.48. The number of nitrogens with zero attached hydrogens (tertiary/aromatic N) is 1. The number of nitrogen functional groups attached to an aromatic ring is 1. The van der Waals surface area contributed by atoms with Crippen molar-refractivity contribution in [1.29, 1.82) is 0 Å². The van der Waals surface area contributed by atoms with E-state index in [1.807, 2.05) is 12.1 Å². The Kier molecular flexibility index (Phi) is 4.18. The Bertz CT molecular complexity index is 500. The number of carbonyl (C=O) groups is 1. The van der Waals surface area contributed by atoms with Crippen molar-refractivity contribution in [3.8, 4) is 0 Å². The summed E-state index contributed by atoms with van der Waals surface area (Å²) in [6.45, 7) is 8.37. The maximum absolute atomic E-state index is 11.9. The molecule has 0 spiro atoms. The third kappa shape index (κ3) is 2.72. The fourth-order valence-corrected chi connectivity index (χ4v) is 2.48. The first-order valence-electron chi connectivity index (χ1n) is 6.88. The third-order valence-corrected chi connectivity index (χ3v) is 3.51. The van der Waals surface area contributed by atoms with Crippen molar-refractivity contribution in [1.82, 2.24) is 0 Å². The fourth-order valence-electron chi connectivity index (χ4n) is 2.48. The third-order valence-electron chi connectivity index (χ3n) is 3.51. The van der Waals surface area contributed by atoms with Gasteiger partial charge >= 0.3 is 5.97 Å². The molecule has 0 radical (unpaired) electrons. The van der Waals surface area contributed by atoms with Crippen LogP contribution in [-0.2, 0) is 9.47 Å². The molecule has 1 fully saturated rings. The van der Waals surface area contributed by atoms with Gasteiger partial charge in [-0.2, -0.15) is 0 Å². The topological polar surface area (TPSA) is 64.8 Å². The molecule has 0 amide bonds. The van der Waals surface area contributed by atoms with Crippen LogP contribution in [0.5, 0.6) is 0 Å². The number of esters is 1. The first kappa shape index (κ1) is 14.7. The van der Waals surface area contributed by atoms with E-state index in [-0.39, 0.29) is 11.5 Å². The highest BCUT2D eigenvalue weighted by Crippen LogP contribution is 2.33. The van der Waals surface area contributed by atoms with Crippen LogP contribution in [-0.4, -0.2) is 37.9 Å².